The Hall–Kier alpha value is -0.580. The fourth-order valence-corrected chi connectivity index (χ4v) is 9.99. The van der Waals surface area contributed by atoms with E-state index in [1.54, 1.807) is 5.48 Å². The molecular weight excluding hydrogens is 438 g/mol. The Kier molecular flexibility index (Phi) is 6.48. The lowest BCUT2D eigenvalue weighted by Gasteiger charge is -2.37. The van der Waals surface area contributed by atoms with Crippen LogP contribution in [0.25, 0.3) is 0 Å². The second-order valence-corrected chi connectivity index (χ2v) is 13.0. The van der Waals surface area contributed by atoms with E-state index < -0.39 is 53.4 Å². The Morgan fingerprint density at radius 1 is 1.33 bits per heavy atom. The number of carbonyl (C=O) groups is 1. The molecule has 2 saturated carbocycles. The van der Waals surface area contributed by atoms with E-state index in [4.69, 9.17) is 9.05 Å². The number of halogens is 1. The van der Waals surface area contributed by atoms with E-state index in [1.165, 1.54) is 13.8 Å². The van der Waals surface area contributed by atoms with E-state index in [9.17, 15) is 27.4 Å². The molecule has 2 aliphatic carbocycles. The van der Waals surface area contributed by atoms with Crippen molar-refractivity contribution in [1.82, 2.24) is 9.79 Å². The molecule has 1 amide bonds. The van der Waals surface area contributed by atoms with Crippen LogP contribution in [0.3, 0.4) is 0 Å². The van der Waals surface area contributed by atoms with Crippen LogP contribution < -0.4 is 5.48 Å². The molecule has 5 atom stereocenters. The van der Waals surface area contributed by atoms with Crippen LogP contribution >= 0.6 is 7.60 Å². The lowest BCUT2D eigenvalue weighted by molar-refractivity contribution is -0.134. The van der Waals surface area contributed by atoms with Gasteiger partial charge in [0, 0.05) is 11.8 Å². The second kappa shape index (κ2) is 8.08. The Morgan fingerprint density at radius 2 is 1.93 bits per heavy atom. The van der Waals surface area contributed by atoms with Crippen LogP contribution in [0.15, 0.2) is 0 Å². The molecule has 1 unspecified atom stereocenters. The van der Waals surface area contributed by atoms with Crippen LogP contribution in [0.2, 0.25) is 0 Å². The third-order valence-electron chi connectivity index (χ3n) is 7.47. The molecular formula is C18H32FN2O7PS. The van der Waals surface area contributed by atoms with Gasteiger partial charge in [0.2, 0.25) is 15.9 Å². The molecule has 3 fully saturated rings. The van der Waals surface area contributed by atoms with Crippen molar-refractivity contribution in [2.24, 2.45) is 16.7 Å². The average Bonchev–Trinajstić information content (AvgIpc) is 3.13. The van der Waals surface area contributed by atoms with Crippen LogP contribution in [0.5, 0.6) is 0 Å². The number of sulfonamides is 1. The quantitative estimate of drug-likeness (QED) is 0.390. The monoisotopic (exact) mass is 470 g/mol. The van der Waals surface area contributed by atoms with E-state index in [-0.39, 0.29) is 24.4 Å². The lowest BCUT2D eigenvalue weighted by Crippen LogP contribution is -2.51. The highest BCUT2D eigenvalue weighted by Crippen LogP contribution is 2.70. The molecule has 30 heavy (non-hydrogen) atoms. The maximum Gasteiger partial charge on any atom is 0.364 e. The molecule has 2 bridgehead atoms. The summed E-state index contributed by atoms with van der Waals surface area (Å²) in [6.07, 6.45) is 1.45. The first-order valence-corrected chi connectivity index (χ1v) is 13.6. The summed E-state index contributed by atoms with van der Waals surface area (Å²) in [5.74, 6) is -2.97. The zero-order valence-corrected chi connectivity index (χ0v) is 19.5. The molecule has 1 saturated heterocycles. The first-order chi connectivity index (χ1) is 13.9. The number of hydrogen-bond acceptors (Lipinski definition) is 8. The van der Waals surface area contributed by atoms with Gasteiger partial charge in [-0.05, 0) is 44.4 Å². The molecule has 0 radical (unpaired) electrons. The summed E-state index contributed by atoms with van der Waals surface area (Å²) in [5.41, 5.74) is 0.952. The van der Waals surface area contributed by atoms with Crippen molar-refractivity contribution in [1.29, 1.82) is 0 Å². The minimum Gasteiger partial charge on any atom is -0.316 e. The molecule has 2 N–H and O–H groups in total. The van der Waals surface area contributed by atoms with E-state index >= 15 is 0 Å². The topological polar surface area (TPSA) is 122 Å². The highest BCUT2D eigenvalue weighted by atomic mass is 32.2. The predicted octanol–water partition coefficient (Wildman–Crippen LogP) is 2.65. The van der Waals surface area contributed by atoms with E-state index in [0.717, 1.165) is 10.7 Å². The van der Waals surface area contributed by atoms with Gasteiger partial charge in [-0.15, -0.1) is 0 Å². The Morgan fingerprint density at radius 3 is 2.43 bits per heavy atom. The SMILES string of the molecule is CCOP(=O)(OCC)C(F)C[C@H](NO)C(=O)N1[C@H]2C[C@@H]3CC[C@@]2(CS1(=O)=O)C3(C)C. The van der Waals surface area contributed by atoms with Gasteiger partial charge < -0.3 is 14.3 Å². The van der Waals surface area contributed by atoms with Crippen molar-refractivity contribution in [3.63, 3.8) is 0 Å². The summed E-state index contributed by atoms with van der Waals surface area (Å²) >= 11 is 0. The van der Waals surface area contributed by atoms with Gasteiger partial charge in [-0.2, -0.15) is 5.48 Å². The second-order valence-electron chi connectivity index (χ2n) is 8.98. The van der Waals surface area contributed by atoms with Crippen molar-refractivity contribution in [3.8, 4) is 0 Å². The molecule has 1 aliphatic heterocycles. The van der Waals surface area contributed by atoms with Crippen LogP contribution in [0, 0.1) is 16.7 Å². The van der Waals surface area contributed by atoms with Crippen molar-refractivity contribution < 1.29 is 36.4 Å². The van der Waals surface area contributed by atoms with Crippen molar-refractivity contribution in [2.75, 3.05) is 19.0 Å². The third-order valence-corrected chi connectivity index (χ3v) is 11.5. The molecule has 174 valence electrons. The fraction of sp³-hybridized carbons (Fsp3) is 0.944. The maximum absolute atomic E-state index is 14.9. The van der Waals surface area contributed by atoms with Crippen LogP contribution in [-0.4, -0.2) is 60.8 Å². The number of hydrogen-bond donors (Lipinski definition) is 2. The number of hydroxylamine groups is 1. The summed E-state index contributed by atoms with van der Waals surface area (Å²) in [7, 11) is -8.10. The highest BCUT2D eigenvalue weighted by molar-refractivity contribution is 7.90. The number of carbonyl (C=O) groups excluding carboxylic acids is 1. The predicted molar refractivity (Wildman–Crippen MR) is 107 cm³/mol. The molecule has 0 aromatic carbocycles. The number of rotatable bonds is 9. The summed E-state index contributed by atoms with van der Waals surface area (Å²) in [5, 5.41) is 9.54. The normalized spacial score (nSPS) is 33.5. The van der Waals surface area contributed by atoms with Crippen LogP contribution in [0.4, 0.5) is 4.39 Å². The zero-order chi connectivity index (χ0) is 22.5. The standard InChI is InChI=1S/C18H32FN2O7PS/c1-5-27-29(24,28-6-2)15(19)10-13(20-23)16(22)21-14-9-12-7-8-18(14,17(12,3)4)11-30(21,25)26/h12-15,20,23H,5-11H2,1-4H3/t12-,13-,14-,15?,18-/m0/s1. The Labute approximate surface area is 177 Å². The summed E-state index contributed by atoms with van der Waals surface area (Å²) in [6, 6.07) is -2.11. The summed E-state index contributed by atoms with van der Waals surface area (Å²) in [4.78, 5) is 13.2. The zero-order valence-electron chi connectivity index (χ0n) is 17.8. The fourth-order valence-electron chi connectivity index (χ4n) is 5.82. The van der Waals surface area contributed by atoms with Gasteiger partial charge in [0.15, 0.2) is 0 Å². The van der Waals surface area contributed by atoms with Crippen molar-refractivity contribution in [3.05, 3.63) is 0 Å². The van der Waals surface area contributed by atoms with Crippen LogP contribution in [0.1, 0.15) is 53.4 Å². The molecule has 1 heterocycles. The third kappa shape index (κ3) is 3.46. The smallest absolute Gasteiger partial charge is 0.316 e. The average molecular weight is 471 g/mol. The van der Waals surface area contributed by atoms with Gasteiger partial charge in [0.25, 0.3) is 5.91 Å². The maximum atomic E-state index is 14.9. The van der Waals surface area contributed by atoms with Gasteiger partial charge in [0.1, 0.15) is 6.04 Å². The first-order valence-electron chi connectivity index (χ1n) is 10.4. The molecule has 3 aliphatic rings. The molecule has 12 heteroatoms. The van der Waals surface area contributed by atoms with Gasteiger partial charge >= 0.3 is 7.60 Å². The molecule has 0 aromatic rings. The first kappa shape index (κ1) is 24.1. The van der Waals surface area contributed by atoms with E-state index in [0.29, 0.717) is 18.8 Å². The van der Waals surface area contributed by atoms with Crippen molar-refractivity contribution in [2.45, 2.75) is 71.4 Å². The van der Waals surface area contributed by atoms with Crippen LogP contribution in [-0.2, 0) is 28.4 Å². The van der Waals surface area contributed by atoms with Gasteiger partial charge in [-0.3, -0.25) is 9.36 Å². The minimum absolute atomic E-state index is 0.0650. The highest BCUT2D eigenvalue weighted by Gasteiger charge is 2.72. The van der Waals surface area contributed by atoms with E-state index in [2.05, 4.69) is 0 Å². The van der Waals surface area contributed by atoms with Gasteiger partial charge in [-0.1, -0.05) is 13.8 Å². The number of alkyl halides is 1. The van der Waals surface area contributed by atoms with Gasteiger partial charge in [0.05, 0.1) is 25.0 Å². The number of nitrogens with one attached hydrogen (secondary N) is 1. The molecule has 0 aromatic heterocycles. The number of fused-ring (bicyclic) bond motifs is 1. The Bertz CT molecular complexity index is 828. The minimum atomic E-state index is -4.17. The van der Waals surface area contributed by atoms with E-state index in [1.807, 2.05) is 13.8 Å². The van der Waals surface area contributed by atoms with Gasteiger partial charge in [-0.25, -0.2) is 17.1 Å². The lowest BCUT2D eigenvalue weighted by atomic mass is 9.69. The number of nitrogens with zero attached hydrogens (tertiary/aromatic N) is 1. The molecule has 3 rings (SSSR count). The largest absolute Gasteiger partial charge is 0.364 e. The Balaban J connectivity index is 1.85. The number of amides is 1. The molecule has 9 nitrogen and oxygen atoms in total. The van der Waals surface area contributed by atoms with Crippen molar-refractivity contribution >= 4 is 23.5 Å². The molecule has 1 spiro atoms. The summed E-state index contributed by atoms with van der Waals surface area (Å²) in [6.45, 7) is 7.02. The summed E-state index contributed by atoms with van der Waals surface area (Å²) < 4.78 is 64.3.